The van der Waals surface area contributed by atoms with Gasteiger partial charge in [-0.05, 0) is 23.6 Å². The lowest BCUT2D eigenvalue weighted by Gasteiger charge is -2.13. The molecule has 0 saturated carbocycles. The van der Waals surface area contributed by atoms with Crippen LogP contribution in [0.2, 0.25) is 15.2 Å². The monoisotopic (exact) mass is 452 g/mol. The van der Waals surface area contributed by atoms with E-state index in [4.69, 9.17) is 44.8 Å². The molecule has 0 radical (unpaired) electrons. The van der Waals surface area contributed by atoms with E-state index >= 15 is 0 Å². The molecule has 0 saturated heterocycles. The van der Waals surface area contributed by atoms with Crippen molar-refractivity contribution in [2.75, 3.05) is 0 Å². The quantitative estimate of drug-likeness (QED) is 0.641. The fraction of sp³-hybridized carbons (Fsp3) is 0.176. The van der Waals surface area contributed by atoms with Crippen LogP contribution in [-0.4, -0.2) is 25.0 Å². The summed E-state index contributed by atoms with van der Waals surface area (Å²) in [6, 6.07) is 5.89. The summed E-state index contributed by atoms with van der Waals surface area (Å²) in [5.74, 6) is 0.281. The molecule has 0 bridgehead atoms. The largest absolute Gasteiger partial charge is 0.434 e. The van der Waals surface area contributed by atoms with Crippen molar-refractivity contribution < 1.29 is 4.74 Å². The number of halogens is 3. The molecule has 0 aliphatic carbocycles. The Balaban J connectivity index is 2.04. The van der Waals surface area contributed by atoms with Crippen molar-refractivity contribution in [2.45, 2.75) is 19.8 Å². The molecule has 0 aliphatic heterocycles. The molecule has 0 atom stereocenters. The molecular formula is C17H11Cl3N6O3. The van der Waals surface area contributed by atoms with Gasteiger partial charge in [0.2, 0.25) is 11.6 Å². The summed E-state index contributed by atoms with van der Waals surface area (Å²) >= 11 is 18.6. The number of nitriles is 1. The van der Waals surface area contributed by atoms with Crippen molar-refractivity contribution in [3.05, 3.63) is 65.5 Å². The number of nitrogens with zero attached hydrogens (tertiary/aromatic N) is 5. The average Bonchev–Trinajstić information content (AvgIpc) is 2.65. The maximum absolute atomic E-state index is 12.0. The van der Waals surface area contributed by atoms with Crippen LogP contribution in [0, 0.1) is 11.3 Å². The Bertz CT molecular complexity index is 1240. The Morgan fingerprint density at radius 1 is 1.14 bits per heavy atom. The molecule has 148 valence electrons. The molecule has 9 nitrogen and oxygen atoms in total. The second-order valence-corrected chi connectivity index (χ2v) is 7.23. The van der Waals surface area contributed by atoms with Gasteiger partial charge >= 0.3 is 5.69 Å². The number of hydrogen-bond acceptors (Lipinski definition) is 7. The number of aromatic amines is 1. The molecule has 29 heavy (non-hydrogen) atoms. The first-order chi connectivity index (χ1) is 13.7. The van der Waals surface area contributed by atoms with Crippen molar-refractivity contribution in [2.24, 2.45) is 0 Å². The van der Waals surface area contributed by atoms with Gasteiger partial charge in [-0.1, -0.05) is 48.7 Å². The highest BCUT2D eigenvalue weighted by molar-refractivity contribution is 6.37. The van der Waals surface area contributed by atoms with E-state index in [9.17, 15) is 9.59 Å². The lowest BCUT2D eigenvalue weighted by molar-refractivity contribution is 0.454. The van der Waals surface area contributed by atoms with Crippen molar-refractivity contribution >= 4 is 34.8 Å². The Morgan fingerprint density at radius 2 is 1.79 bits per heavy atom. The lowest BCUT2D eigenvalue weighted by atomic mass is 10.1. The Kier molecular flexibility index (Phi) is 5.88. The first-order valence-corrected chi connectivity index (χ1v) is 9.18. The molecule has 3 aromatic rings. The molecule has 0 amide bonds. The molecule has 0 unspecified atom stereocenters. The minimum atomic E-state index is -0.895. The van der Waals surface area contributed by atoms with Crippen LogP contribution in [0.4, 0.5) is 0 Å². The topological polar surface area (TPSA) is 127 Å². The number of nitrogens with one attached hydrogen (secondary N) is 1. The number of benzene rings is 1. The van der Waals surface area contributed by atoms with E-state index in [1.165, 1.54) is 12.1 Å². The smallest absolute Gasteiger partial charge is 0.349 e. The molecule has 0 aliphatic rings. The van der Waals surface area contributed by atoms with Crippen molar-refractivity contribution in [1.82, 2.24) is 25.0 Å². The summed E-state index contributed by atoms with van der Waals surface area (Å²) in [6.45, 7) is 3.87. The number of H-pyrrole nitrogens is 1. The van der Waals surface area contributed by atoms with Crippen LogP contribution < -0.4 is 16.0 Å². The highest BCUT2D eigenvalue weighted by atomic mass is 35.5. The van der Waals surface area contributed by atoms with Gasteiger partial charge in [-0.2, -0.15) is 9.94 Å². The summed E-state index contributed by atoms with van der Waals surface area (Å²) in [4.78, 5) is 25.5. The highest BCUT2D eigenvalue weighted by Gasteiger charge is 2.17. The zero-order valence-corrected chi connectivity index (χ0v) is 17.2. The third-order valence-electron chi connectivity index (χ3n) is 3.74. The number of hydrogen-bond donors (Lipinski definition) is 1. The van der Waals surface area contributed by atoms with E-state index in [0.717, 1.165) is 10.2 Å². The predicted octanol–water partition coefficient (Wildman–Crippen LogP) is 3.46. The molecule has 1 aromatic carbocycles. The maximum atomic E-state index is 12.0. The SMILES string of the molecule is CC(C)c1cc(Oc2c(Cl)cc(-n3nc(C#N)c(=O)[nH]c3=O)cc2Cl)nnc1Cl. The molecule has 12 heteroatoms. The first-order valence-electron chi connectivity index (χ1n) is 8.05. The summed E-state index contributed by atoms with van der Waals surface area (Å²) in [7, 11) is 0. The number of rotatable bonds is 4. The Labute approximate surface area is 178 Å². The molecule has 2 aromatic heterocycles. The summed E-state index contributed by atoms with van der Waals surface area (Å²) < 4.78 is 6.45. The van der Waals surface area contributed by atoms with Crippen LogP contribution in [-0.2, 0) is 0 Å². The summed E-state index contributed by atoms with van der Waals surface area (Å²) in [5.41, 5.74) is -1.40. The number of aromatic nitrogens is 5. The van der Waals surface area contributed by atoms with Gasteiger partial charge in [0.05, 0.1) is 15.7 Å². The van der Waals surface area contributed by atoms with E-state index in [2.05, 4.69) is 15.3 Å². The van der Waals surface area contributed by atoms with Gasteiger partial charge in [0.1, 0.15) is 6.07 Å². The van der Waals surface area contributed by atoms with Crippen molar-refractivity contribution in [3.63, 3.8) is 0 Å². The van der Waals surface area contributed by atoms with Gasteiger partial charge in [-0.15, -0.1) is 15.3 Å². The van der Waals surface area contributed by atoms with Crippen molar-refractivity contribution in [1.29, 1.82) is 5.26 Å². The van der Waals surface area contributed by atoms with Crippen LogP contribution in [0.25, 0.3) is 5.69 Å². The van der Waals surface area contributed by atoms with Crippen molar-refractivity contribution in [3.8, 4) is 23.4 Å². The van der Waals surface area contributed by atoms with E-state index < -0.39 is 16.9 Å². The van der Waals surface area contributed by atoms with Crippen LogP contribution >= 0.6 is 34.8 Å². The van der Waals surface area contributed by atoms with Gasteiger partial charge in [0.15, 0.2) is 10.9 Å². The fourth-order valence-electron chi connectivity index (χ4n) is 2.35. The second-order valence-electron chi connectivity index (χ2n) is 6.06. The maximum Gasteiger partial charge on any atom is 0.349 e. The van der Waals surface area contributed by atoms with Gasteiger partial charge in [0, 0.05) is 6.07 Å². The lowest BCUT2D eigenvalue weighted by Crippen LogP contribution is -2.33. The van der Waals surface area contributed by atoms with Gasteiger partial charge < -0.3 is 4.74 Å². The zero-order chi connectivity index (χ0) is 21.3. The van der Waals surface area contributed by atoms with E-state index in [0.29, 0.717) is 0 Å². The van der Waals surface area contributed by atoms with Crippen LogP contribution in [0.5, 0.6) is 11.6 Å². The van der Waals surface area contributed by atoms with E-state index in [1.54, 1.807) is 12.1 Å². The third kappa shape index (κ3) is 4.24. The standard InChI is InChI=1S/C17H11Cl3N6O3/c1-7(2)9-5-13(23-24-15(9)20)29-14-10(18)3-8(4-11(14)19)26-17(28)22-16(27)12(6-21)25-26/h3-5,7H,1-2H3,(H,22,27,28). The van der Waals surface area contributed by atoms with E-state index in [1.807, 2.05) is 18.8 Å². The van der Waals surface area contributed by atoms with Gasteiger partial charge in [-0.3, -0.25) is 9.78 Å². The van der Waals surface area contributed by atoms with Crippen LogP contribution in [0.3, 0.4) is 0 Å². The summed E-state index contributed by atoms with van der Waals surface area (Å²) in [5, 5.41) is 20.7. The molecule has 1 N–H and O–H groups in total. The second kappa shape index (κ2) is 8.21. The normalized spacial score (nSPS) is 10.8. The fourth-order valence-corrected chi connectivity index (χ4v) is 3.21. The van der Waals surface area contributed by atoms with Gasteiger partial charge in [0.25, 0.3) is 5.56 Å². The minimum absolute atomic E-state index is 0.0359. The predicted molar refractivity (Wildman–Crippen MR) is 106 cm³/mol. The summed E-state index contributed by atoms with van der Waals surface area (Å²) in [6.07, 6.45) is 0. The van der Waals surface area contributed by atoms with Crippen LogP contribution in [0.15, 0.2) is 27.8 Å². The van der Waals surface area contributed by atoms with E-state index in [-0.39, 0.29) is 38.4 Å². The van der Waals surface area contributed by atoms with Gasteiger partial charge in [-0.25, -0.2) is 4.79 Å². The molecular weight excluding hydrogens is 443 g/mol. The zero-order valence-electron chi connectivity index (χ0n) is 14.9. The molecule has 0 spiro atoms. The molecule has 2 heterocycles. The first kappa shape index (κ1) is 20.8. The Morgan fingerprint density at radius 3 is 2.38 bits per heavy atom. The highest BCUT2D eigenvalue weighted by Crippen LogP contribution is 2.38. The minimum Gasteiger partial charge on any atom is -0.434 e. The van der Waals surface area contributed by atoms with Crippen LogP contribution in [0.1, 0.15) is 31.0 Å². The Hall–Kier alpha value is -2.93. The molecule has 3 rings (SSSR count). The molecule has 0 fully saturated rings. The average molecular weight is 454 g/mol. The number of ether oxygens (including phenoxy) is 1. The third-order valence-corrected chi connectivity index (χ3v) is 4.60.